The van der Waals surface area contributed by atoms with Gasteiger partial charge in [-0.25, -0.2) is 19.2 Å². The maximum absolute atomic E-state index is 12.3. The molecule has 0 radical (unpaired) electrons. The highest BCUT2D eigenvalue weighted by Gasteiger charge is 2.38. The molecule has 0 aliphatic carbocycles. The van der Waals surface area contributed by atoms with E-state index in [2.05, 4.69) is 20.7 Å². The van der Waals surface area contributed by atoms with E-state index >= 15 is 0 Å². The zero-order chi connectivity index (χ0) is 30.4. The van der Waals surface area contributed by atoms with Crippen LogP contribution in [0.2, 0.25) is 0 Å². The number of amides is 3. The van der Waals surface area contributed by atoms with Crippen molar-refractivity contribution in [2.24, 2.45) is 0 Å². The number of ether oxygens (including phenoxy) is 4. The van der Waals surface area contributed by atoms with E-state index < -0.39 is 41.9 Å². The van der Waals surface area contributed by atoms with Gasteiger partial charge in [-0.15, -0.1) is 0 Å². The van der Waals surface area contributed by atoms with Crippen LogP contribution in [0.25, 0.3) is 0 Å². The largest absolute Gasteiger partial charge is 0.480 e. The average molecular weight is 574 g/mol. The lowest BCUT2D eigenvalue weighted by Gasteiger charge is -2.25. The van der Waals surface area contributed by atoms with Crippen molar-refractivity contribution in [2.45, 2.75) is 58.2 Å². The highest BCUT2D eigenvalue weighted by Crippen LogP contribution is 2.15. The van der Waals surface area contributed by atoms with Crippen molar-refractivity contribution >= 4 is 35.7 Å². The third kappa shape index (κ3) is 12.4. The molecule has 4 N–H and O–H groups in total. The Kier molecular flexibility index (Phi) is 12.6. The summed E-state index contributed by atoms with van der Waals surface area (Å²) in [6.45, 7) is 4.69. The fourth-order valence-corrected chi connectivity index (χ4v) is 3.32. The van der Waals surface area contributed by atoms with Crippen LogP contribution in [0.15, 0.2) is 54.6 Å². The number of rotatable bonds is 13. The van der Waals surface area contributed by atoms with Gasteiger partial charge in [-0.3, -0.25) is 4.79 Å². The predicted octanol–water partition coefficient (Wildman–Crippen LogP) is 2.98. The lowest BCUT2D eigenvalue weighted by Crippen LogP contribution is -2.54. The summed E-state index contributed by atoms with van der Waals surface area (Å²) in [7, 11) is 1.05. The van der Waals surface area contributed by atoms with E-state index in [1.165, 1.54) is 0 Å². The summed E-state index contributed by atoms with van der Waals surface area (Å²) < 4.78 is 20.4. The number of methoxy groups -OCH3 is 1. The van der Waals surface area contributed by atoms with Crippen LogP contribution < -0.4 is 16.0 Å². The molecule has 0 heterocycles. The third-order valence-electron chi connectivity index (χ3n) is 5.15. The Hall–Kier alpha value is -4.65. The molecule has 0 saturated heterocycles. The van der Waals surface area contributed by atoms with Crippen molar-refractivity contribution in [2.75, 3.05) is 19.0 Å². The molecule has 2 atom stereocenters. The average Bonchev–Trinajstić information content (AvgIpc) is 2.90. The minimum atomic E-state index is -1.80. The number of nitrogens with one attached hydrogen (secondary N) is 3. The van der Waals surface area contributed by atoms with Gasteiger partial charge in [0, 0.05) is 18.7 Å². The number of carbonyl (C=O) groups excluding carboxylic acids is 4. The zero-order valence-electron chi connectivity index (χ0n) is 23.3. The Labute approximate surface area is 237 Å². The molecule has 0 bridgehead atoms. The van der Waals surface area contributed by atoms with E-state index in [4.69, 9.17) is 14.2 Å². The van der Waals surface area contributed by atoms with Crippen molar-refractivity contribution < 1.29 is 48.0 Å². The van der Waals surface area contributed by atoms with E-state index in [9.17, 15) is 29.1 Å². The van der Waals surface area contributed by atoms with Crippen molar-refractivity contribution in [1.29, 1.82) is 0 Å². The van der Waals surface area contributed by atoms with Crippen LogP contribution in [-0.2, 0) is 46.5 Å². The summed E-state index contributed by atoms with van der Waals surface area (Å²) in [5, 5.41) is 16.9. The van der Waals surface area contributed by atoms with Gasteiger partial charge in [0.1, 0.15) is 12.2 Å². The van der Waals surface area contributed by atoms with Crippen molar-refractivity contribution in [3.8, 4) is 0 Å². The summed E-state index contributed by atoms with van der Waals surface area (Å²) in [5.74, 6) is -2.94. The number of carboxylic acid groups (broad SMARTS) is 1. The van der Waals surface area contributed by atoms with Crippen molar-refractivity contribution in [1.82, 2.24) is 10.6 Å². The summed E-state index contributed by atoms with van der Waals surface area (Å²) in [5.41, 5.74) is 0.821. The zero-order valence-corrected chi connectivity index (χ0v) is 23.3. The predicted molar refractivity (Wildman–Crippen MR) is 146 cm³/mol. The van der Waals surface area contributed by atoms with Crippen LogP contribution in [0, 0.1) is 0 Å². The van der Waals surface area contributed by atoms with E-state index in [-0.39, 0.29) is 32.1 Å². The normalized spacial score (nSPS) is 12.3. The highest BCUT2D eigenvalue weighted by atomic mass is 16.6. The number of benzene rings is 2. The van der Waals surface area contributed by atoms with Gasteiger partial charge < -0.3 is 40.0 Å². The summed E-state index contributed by atoms with van der Waals surface area (Å²) in [4.78, 5) is 60.5. The first kappa shape index (κ1) is 32.6. The molecule has 0 saturated carbocycles. The molecule has 2 aromatic rings. The second kappa shape index (κ2) is 15.8. The molecule has 0 fully saturated rings. The molecular formula is C28H35N3O10. The summed E-state index contributed by atoms with van der Waals surface area (Å²) >= 11 is 0. The van der Waals surface area contributed by atoms with Gasteiger partial charge in [0.15, 0.2) is 12.1 Å². The maximum Gasteiger partial charge on any atom is 0.408 e. The minimum Gasteiger partial charge on any atom is -0.480 e. The van der Waals surface area contributed by atoms with Crippen LogP contribution >= 0.6 is 0 Å². The second-order valence-electron chi connectivity index (χ2n) is 9.70. The molecule has 2 rings (SSSR count). The van der Waals surface area contributed by atoms with Gasteiger partial charge >= 0.3 is 24.1 Å². The van der Waals surface area contributed by atoms with Crippen LogP contribution in [0.4, 0.5) is 15.3 Å². The van der Waals surface area contributed by atoms with E-state index in [0.29, 0.717) is 11.3 Å². The van der Waals surface area contributed by atoms with Crippen LogP contribution in [0.1, 0.15) is 38.3 Å². The Morgan fingerprint density at radius 1 is 0.902 bits per heavy atom. The molecule has 41 heavy (non-hydrogen) atoms. The van der Waals surface area contributed by atoms with Crippen LogP contribution in [0.5, 0.6) is 0 Å². The Bertz CT molecular complexity index is 1200. The fraction of sp³-hybridized carbons (Fsp3) is 0.393. The third-order valence-corrected chi connectivity index (χ3v) is 5.15. The van der Waals surface area contributed by atoms with E-state index in [1.807, 2.05) is 30.3 Å². The number of hydrogen-bond acceptors (Lipinski definition) is 9. The molecule has 0 aliphatic heterocycles. The topological polar surface area (TPSA) is 179 Å². The molecule has 0 aromatic heterocycles. The number of hydrogen-bond donors (Lipinski definition) is 4. The molecule has 13 heteroatoms. The first-order valence-electron chi connectivity index (χ1n) is 12.6. The molecule has 0 spiro atoms. The Balaban J connectivity index is 1.90. The van der Waals surface area contributed by atoms with Gasteiger partial charge in [0.05, 0.1) is 13.7 Å². The van der Waals surface area contributed by atoms with E-state index in [1.54, 1.807) is 45.0 Å². The minimum absolute atomic E-state index is 0.0256. The van der Waals surface area contributed by atoms with Crippen LogP contribution in [0.3, 0.4) is 0 Å². The molecule has 2 aromatic carbocycles. The Morgan fingerprint density at radius 2 is 1.59 bits per heavy atom. The lowest BCUT2D eigenvalue weighted by molar-refractivity contribution is -0.163. The van der Waals surface area contributed by atoms with Gasteiger partial charge in [-0.1, -0.05) is 42.5 Å². The second-order valence-corrected chi connectivity index (χ2v) is 9.70. The summed E-state index contributed by atoms with van der Waals surface area (Å²) in [6, 6.07) is 13.8. The number of carbonyl (C=O) groups is 5. The number of carboxylic acids is 1. The molecule has 3 amide bonds. The van der Waals surface area contributed by atoms with Gasteiger partial charge in [-0.05, 0) is 44.0 Å². The van der Waals surface area contributed by atoms with Gasteiger partial charge in [-0.2, -0.15) is 0 Å². The van der Waals surface area contributed by atoms with Crippen molar-refractivity contribution in [3.05, 3.63) is 65.7 Å². The number of aliphatic carboxylic acids is 1. The Morgan fingerprint density at radius 3 is 2.22 bits per heavy atom. The number of esters is 1. The quantitative estimate of drug-likeness (QED) is 0.206. The number of alkyl carbamates (subject to hydrolysis) is 2. The SMILES string of the molecule is COC(=O)[C@H](OCc1cccc(NC(=O)CCNC(=O)OCc2ccccc2)c1)[C@H](NC(=O)OC(C)(C)C)C(=O)O. The molecule has 0 aliphatic rings. The van der Waals surface area contributed by atoms with Crippen molar-refractivity contribution in [3.63, 3.8) is 0 Å². The maximum atomic E-state index is 12.3. The molecule has 0 unspecified atom stereocenters. The summed E-state index contributed by atoms with van der Waals surface area (Å²) in [6.07, 6.45) is -3.42. The fourth-order valence-electron chi connectivity index (χ4n) is 3.32. The highest BCUT2D eigenvalue weighted by molar-refractivity contribution is 5.91. The molecular weight excluding hydrogens is 538 g/mol. The smallest absolute Gasteiger partial charge is 0.408 e. The monoisotopic (exact) mass is 573 g/mol. The number of anilines is 1. The van der Waals surface area contributed by atoms with Crippen LogP contribution in [-0.4, -0.2) is 66.5 Å². The first-order valence-corrected chi connectivity index (χ1v) is 12.6. The molecule has 222 valence electrons. The standard InChI is InChI=1S/C28H35N3O10/c1-28(2,3)41-27(37)31-22(24(33)34)23(25(35)38-4)39-17-19-11-8-12-20(15-19)30-21(32)13-14-29-26(36)40-16-18-9-6-5-7-10-18/h5-12,15,22-23H,13-14,16-17H2,1-4H3,(H,29,36)(H,30,32)(H,31,37)(H,33,34)/t22-,23+/m0/s1. The van der Waals surface area contributed by atoms with Gasteiger partial charge in [0.2, 0.25) is 5.91 Å². The first-order chi connectivity index (χ1) is 19.4. The van der Waals surface area contributed by atoms with Gasteiger partial charge in [0.25, 0.3) is 0 Å². The lowest BCUT2D eigenvalue weighted by atomic mass is 10.1. The van der Waals surface area contributed by atoms with E-state index in [0.717, 1.165) is 12.7 Å². The molecule has 13 nitrogen and oxygen atoms in total.